The molecule has 2 aromatic carbocycles. The van der Waals surface area contributed by atoms with Crippen LogP contribution in [0, 0.1) is 12.7 Å². The Balaban J connectivity index is 1.86. The van der Waals surface area contributed by atoms with Crippen LogP contribution in [0.25, 0.3) is 10.2 Å². The highest BCUT2D eigenvalue weighted by Gasteiger charge is 2.10. The number of carbonyl (C=O) groups excluding carboxylic acids is 1. The van der Waals surface area contributed by atoms with Gasteiger partial charge in [0.05, 0.1) is 20.2 Å². The molecule has 3 aromatic rings. The first kappa shape index (κ1) is 14.0. The molecular formula is C15H10ClFN2OS. The number of hydrogen-bond donors (Lipinski definition) is 1. The van der Waals surface area contributed by atoms with Gasteiger partial charge < -0.3 is 5.32 Å². The molecule has 0 saturated carbocycles. The van der Waals surface area contributed by atoms with E-state index in [0.717, 1.165) is 21.3 Å². The summed E-state index contributed by atoms with van der Waals surface area (Å²) in [5.41, 5.74) is 1.66. The van der Waals surface area contributed by atoms with Crippen molar-refractivity contribution in [1.82, 2.24) is 4.98 Å². The maximum absolute atomic E-state index is 13.4. The van der Waals surface area contributed by atoms with Crippen molar-refractivity contribution in [3.63, 3.8) is 0 Å². The summed E-state index contributed by atoms with van der Waals surface area (Å²) in [5.74, 6) is -1.01. The second-order valence-corrected chi connectivity index (χ2v) is 6.14. The lowest BCUT2D eigenvalue weighted by Gasteiger charge is -2.05. The van der Waals surface area contributed by atoms with Crippen LogP contribution in [0.3, 0.4) is 0 Å². The van der Waals surface area contributed by atoms with E-state index in [0.29, 0.717) is 5.69 Å². The molecule has 0 radical (unpaired) electrons. The van der Waals surface area contributed by atoms with E-state index in [9.17, 15) is 9.18 Å². The zero-order valence-corrected chi connectivity index (χ0v) is 12.6. The summed E-state index contributed by atoms with van der Waals surface area (Å²) in [5, 5.41) is 3.68. The average Bonchev–Trinajstić information content (AvgIpc) is 2.81. The highest BCUT2D eigenvalue weighted by molar-refractivity contribution is 7.18. The predicted molar refractivity (Wildman–Crippen MR) is 83.7 cm³/mol. The summed E-state index contributed by atoms with van der Waals surface area (Å²) in [7, 11) is 0. The minimum absolute atomic E-state index is 0.00841. The van der Waals surface area contributed by atoms with Crippen LogP contribution in [0.4, 0.5) is 10.1 Å². The minimum Gasteiger partial charge on any atom is -0.322 e. The molecule has 0 aliphatic carbocycles. The topological polar surface area (TPSA) is 42.0 Å². The van der Waals surface area contributed by atoms with Crippen LogP contribution in [0.2, 0.25) is 5.02 Å². The molecule has 1 amide bonds. The third kappa shape index (κ3) is 2.89. The third-order valence-electron chi connectivity index (χ3n) is 2.93. The number of halogens is 2. The van der Waals surface area contributed by atoms with E-state index in [1.54, 1.807) is 23.5 Å². The maximum atomic E-state index is 13.4. The molecule has 0 fully saturated rings. The molecule has 0 bridgehead atoms. The lowest BCUT2D eigenvalue weighted by Crippen LogP contribution is -2.12. The summed E-state index contributed by atoms with van der Waals surface area (Å²) < 4.78 is 14.4. The van der Waals surface area contributed by atoms with Gasteiger partial charge in [0, 0.05) is 11.3 Å². The van der Waals surface area contributed by atoms with Crippen LogP contribution in [-0.2, 0) is 0 Å². The number of aryl methyl sites for hydroxylation is 1. The Morgan fingerprint density at radius 3 is 2.86 bits per heavy atom. The Morgan fingerprint density at radius 1 is 1.29 bits per heavy atom. The van der Waals surface area contributed by atoms with Crippen molar-refractivity contribution in [2.45, 2.75) is 6.92 Å². The molecule has 0 unspecified atom stereocenters. The SMILES string of the molecule is Cc1nc2cc(NC(=O)c3ccc(Cl)c(F)c3)ccc2s1. The second kappa shape index (κ2) is 5.42. The number of carbonyl (C=O) groups is 1. The van der Waals surface area contributed by atoms with E-state index in [-0.39, 0.29) is 10.6 Å². The van der Waals surface area contributed by atoms with Crippen molar-refractivity contribution in [2.75, 3.05) is 5.32 Å². The van der Waals surface area contributed by atoms with Crippen molar-refractivity contribution in [3.05, 3.63) is 57.8 Å². The number of nitrogens with one attached hydrogen (secondary N) is 1. The normalized spacial score (nSPS) is 10.8. The summed E-state index contributed by atoms with van der Waals surface area (Å²) >= 11 is 7.19. The van der Waals surface area contributed by atoms with E-state index in [1.807, 2.05) is 13.0 Å². The molecule has 1 N–H and O–H groups in total. The number of hydrogen-bond acceptors (Lipinski definition) is 3. The van der Waals surface area contributed by atoms with E-state index in [4.69, 9.17) is 11.6 Å². The van der Waals surface area contributed by atoms with Crippen molar-refractivity contribution in [1.29, 1.82) is 0 Å². The lowest BCUT2D eigenvalue weighted by atomic mass is 10.2. The van der Waals surface area contributed by atoms with Crippen LogP contribution >= 0.6 is 22.9 Å². The Kier molecular flexibility index (Phi) is 3.61. The number of aromatic nitrogens is 1. The van der Waals surface area contributed by atoms with E-state index in [1.165, 1.54) is 12.1 Å². The molecule has 0 atom stereocenters. The van der Waals surface area contributed by atoms with Gasteiger partial charge >= 0.3 is 0 Å². The number of amides is 1. The van der Waals surface area contributed by atoms with Gasteiger partial charge in [-0.3, -0.25) is 4.79 Å². The van der Waals surface area contributed by atoms with Gasteiger partial charge in [0.15, 0.2) is 0 Å². The molecule has 1 heterocycles. The molecular weight excluding hydrogens is 311 g/mol. The van der Waals surface area contributed by atoms with Crippen LogP contribution in [0.15, 0.2) is 36.4 Å². The first-order chi connectivity index (χ1) is 10.0. The first-order valence-electron chi connectivity index (χ1n) is 6.16. The summed E-state index contributed by atoms with van der Waals surface area (Å²) in [4.78, 5) is 16.4. The summed E-state index contributed by atoms with van der Waals surface area (Å²) in [6.45, 7) is 1.93. The fourth-order valence-electron chi connectivity index (χ4n) is 1.96. The van der Waals surface area contributed by atoms with Gasteiger partial charge in [0.25, 0.3) is 5.91 Å². The molecule has 6 heteroatoms. The molecule has 21 heavy (non-hydrogen) atoms. The van der Waals surface area contributed by atoms with Gasteiger partial charge in [-0.05, 0) is 43.3 Å². The van der Waals surface area contributed by atoms with Gasteiger partial charge in [-0.1, -0.05) is 11.6 Å². The predicted octanol–water partition coefficient (Wildman–Crippen LogP) is 4.65. The van der Waals surface area contributed by atoms with E-state index >= 15 is 0 Å². The van der Waals surface area contributed by atoms with Crippen molar-refractivity contribution >= 4 is 44.7 Å². The number of rotatable bonds is 2. The fraction of sp³-hybridized carbons (Fsp3) is 0.0667. The van der Waals surface area contributed by atoms with Crippen molar-refractivity contribution < 1.29 is 9.18 Å². The summed E-state index contributed by atoms with van der Waals surface area (Å²) in [6.07, 6.45) is 0. The second-order valence-electron chi connectivity index (χ2n) is 4.50. The van der Waals surface area contributed by atoms with Gasteiger partial charge in [-0.25, -0.2) is 9.37 Å². The van der Waals surface area contributed by atoms with E-state index < -0.39 is 11.7 Å². The van der Waals surface area contributed by atoms with Crippen LogP contribution in [0.1, 0.15) is 15.4 Å². The smallest absolute Gasteiger partial charge is 0.255 e. The van der Waals surface area contributed by atoms with Crippen LogP contribution in [-0.4, -0.2) is 10.9 Å². The number of anilines is 1. The molecule has 0 saturated heterocycles. The van der Waals surface area contributed by atoms with Crippen LogP contribution in [0.5, 0.6) is 0 Å². The van der Waals surface area contributed by atoms with E-state index in [2.05, 4.69) is 10.3 Å². The zero-order chi connectivity index (χ0) is 15.0. The Labute approximate surface area is 129 Å². The van der Waals surface area contributed by atoms with Gasteiger partial charge in [-0.15, -0.1) is 11.3 Å². The number of thiazole rings is 1. The first-order valence-corrected chi connectivity index (χ1v) is 7.36. The Morgan fingerprint density at radius 2 is 2.10 bits per heavy atom. The van der Waals surface area contributed by atoms with Crippen LogP contribution < -0.4 is 5.32 Å². The number of nitrogens with zero attached hydrogens (tertiary/aromatic N) is 1. The highest BCUT2D eigenvalue weighted by Crippen LogP contribution is 2.25. The molecule has 0 aliphatic heterocycles. The Hall–Kier alpha value is -1.98. The number of fused-ring (bicyclic) bond motifs is 1. The highest BCUT2D eigenvalue weighted by atomic mass is 35.5. The third-order valence-corrected chi connectivity index (χ3v) is 4.19. The molecule has 106 valence electrons. The standard InChI is InChI=1S/C15H10ClFN2OS/c1-8-18-13-7-10(3-5-14(13)21-8)19-15(20)9-2-4-11(16)12(17)6-9/h2-7H,1H3,(H,19,20). The monoisotopic (exact) mass is 320 g/mol. The Bertz CT molecular complexity index is 847. The molecule has 0 spiro atoms. The lowest BCUT2D eigenvalue weighted by molar-refractivity contribution is 0.102. The minimum atomic E-state index is -0.616. The van der Waals surface area contributed by atoms with Crippen molar-refractivity contribution in [3.8, 4) is 0 Å². The van der Waals surface area contributed by atoms with Crippen molar-refractivity contribution in [2.24, 2.45) is 0 Å². The zero-order valence-electron chi connectivity index (χ0n) is 11.0. The number of benzene rings is 2. The summed E-state index contributed by atoms with van der Waals surface area (Å²) in [6, 6.07) is 9.44. The average molecular weight is 321 g/mol. The quantitative estimate of drug-likeness (QED) is 0.746. The molecule has 1 aromatic heterocycles. The maximum Gasteiger partial charge on any atom is 0.255 e. The molecule has 0 aliphatic rings. The van der Waals surface area contributed by atoms with Gasteiger partial charge in [0.2, 0.25) is 0 Å². The molecule has 3 rings (SSSR count). The fourth-order valence-corrected chi connectivity index (χ4v) is 2.89. The largest absolute Gasteiger partial charge is 0.322 e. The van der Waals surface area contributed by atoms with Gasteiger partial charge in [-0.2, -0.15) is 0 Å². The van der Waals surface area contributed by atoms with Gasteiger partial charge in [0.1, 0.15) is 5.82 Å². The molecule has 3 nitrogen and oxygen atoms in total.